The Bertz CT molecular complexity index is 819. The van der Waals surface area contributed by atoms with Crippen LogP contribution in [0.15, 0.2) is 30.3 Å². The van der Waals surface area contributed by atoms with E-state index in [4.69, 9.17) is 16.7 Å². The summed E-state index contributed by atoms with van der Waals surface area (Å²) in [5.41, 5.74) is 4.90. The van der Waals surface area contributed by atoms with Crippen LogP contribution in [0.1, 0.15) is 25.1 Å². The molecule has 2 aromatic heterocycles. The van der Waals surface area contributed by atoms with Crippen LogP contribution >= 0.6 is 11.6 Å². The largest absolute Gasteiger partial charge is 0.368 e. The summed E-state index contributed by atoms with van der Waals surface area (Å²) in [6.45, 7) is 8.27. The molecule has 0 amide bonds. The minimum Gasteiger partial charge on any atom is -0.368 e. The van der Waals surface area contributed by atoms with Crippen molar-refractivity contribution in [3.63, 3.8) is 0 Å². The van der Waals surface area contributed by atoms with Crippen molar-refractivity contribution in [1.82, 2.24) is 14.6 Å². The highest BCUT2D eigenvalue weighted by atomic mass is 35.5. The van der Waals surface area contributed by atoms with Gasteiger partial charge in [-0.05, 0) is 39.8 Å². The normalized spacial score (nSPS) is 11.4. The highest BCUT2D eigenvalue weighted by molar-refractivity contribution is 6.30. The standard InChI is InChI=1S/C17H19ClN4/c1-10(2)19-15-9-11(3)20-17-12(4)16(21-22(15)17)13-5-7-14(18)8-6-13/h5-10,19H,1-4H3. The Morgan fingerprint density at radius 2 is 1.82 bits per heavy atom. The number of hydrogen-bond acceptors (Lipinski definition) is 3. The predicted molar refractivity (Wildman–Crippen MR) is 91.7 cm³/mol. The molecule has 114 valence electrons. The van der Waals surface area contributed by atoms with Crippen molar-refractivity contribution in [2.24, 2.45) is 0 Å². The van der Waals surface area contributed by atoms with E-state index in [1.807, 2.05) is 41.8 Å². The number of aryl methyl sites for hydroxylation is 2. The first-order valence-corrected chi connectivity index (χ1v) is 7.73. The molecular formula is C17H19ClN4. The molecule has 2 heterocycles. The van der Waals surface area contributed by atoms with Gasteiger partial charge in [0, 0.05) is 34.0 Å². The van der Waals surface area contributed by atoms with Gasteiger partial charge in [0.1, 0.15) is 5.82 Å². The van der Waals surface area contributed by atoms with Gasteiger partial charge in [0.05, 0.1) is 5.69 Å². The molecule has 0 atom stereocenters. The van der Waals surface area contributed by atoms with Crippen molar-refractivity contribution in [3.8, 4) is 11.3 Å². The van der Waals surface area contributed by atoms with Crippen molar-refractivity contribution in [2.75, 3.05) is 5.32 Å². The van der Waals surface area contributed by atoms with Crippen LogP contribution in [0.3, 0.4) is 0 Å². The summed E-state index contributed by atoms with van der Waals surface area (Å²) >= 11 is 5.97. The second-order valence-electron chi connectivity index (χ2n) is 5.80. The number of halogens is 1. The van der Waals surface area contributed by atoms with Crippen molar-refractivity contribution in [2.45, 2.75) is 33.7 Å². The number of anilines is 1. The zero-order valence-electron chi connectivity index (χ0n) is 13.2. The number of nitrogens with zero attached hydrogens (tertiary/aromatic N) is 3. The third kappa shape index (κ3) is 2.66. The van der Waals surface area contributed by atoms with Gasteiger partial charge in [-0.2, -0.15) is 9.61 Å². The zero-order valence-corrected chi connectivity index (χ0v) is 13.9. The van der Waals surface area contributed by atoms with Crippen molar-refractivity contribution in [3.05, 3.63) is 46.6 Å². The van der Waals surface area contributed by atoms with Gasteiger partial charge in [-0.25, -0.2) is 4.98 Å². The quantitative estimate of drug-likeness (QED) is 0.774. The first-order chi connectivity index (χ1) is 10.5. The number of benzene rings is 1. The van der Waals surface area contributed by atoms with Gasteiger partial charge in [0.25, 0.3) is 0 Å². The van der Waals surface area contributed by atoms with Crippen molar-refractivity contribution in [1.29, 1.82) is 0 Å². The molecule has 0 fully saturated rings. The lowest BCUT2D eigenvalue weighted by atomic mass is 10.1. The van der Waals surface area contributed by atoms with Crippen molar-refractivity contribution >= 4 is 23.1 Å². The first kappa shape index (κ1) is 14.9. The lowest BCUT2D eigenvalue weighted by Gasteiger charge is -2.12. The van der Waals surface area contributed by atoms with Gasteiger partial charge < -0.3 is 5.32 Å². The molecule has 0 aliphatic carbocycles. The molecule has 22 heavy (non-hydrogen) atoms. The van der Waals surface area contributed by atoms with Crippen LogP contribution in [0.4, 0.5) is 5.82 Å². The second kappa shape index (κ2) is 5.61. The highest BCUT2D eigenvalue weighted by Crippen LogP contribution is 2.27. The van der Waals surface area contributed by atoms with E-state index in [0.29, 0.717) is 6.04 Å². The van der Waals surface area contributed by atoms with Gasteiger partial charge in [-0.3, -0.25) is 0 Å². The third-order valence-corrected chi connectivity index (χ3v) is 3.75. The number of rotatable bonds is 3. The van der Waals surface area contributed by atoms with Crippen LogP contribution in [0.2, 0.25) is 5.02 Å². The molecule has 0 aliphatic heterocycles. The fourth-order valence-corrected chi connectivity index (χ4v) is 2.65. The van der Waals surface area contributed by atoms with Crippen molar-refractivity contribution < 1.29 is 0 Å². The van der Waals surface area contributed by atoms with Crippen LogP contribution in [-0.4, -0.2) is 20.6 Å². The van der Waals surface area contributed by atoms with Gasteiger partial charge >= 0.3 is 0 Å². The van der Waals surface area contributed by atoms with E-state index in [1.165, 1.54) is 0 Å². The SMILES string of the molecule is Cc1cc(NC(C)C)n2nc(-c3ccc(Cl)cc3)c(C)c2n1. The smallest absolute Gasteiger partial charge is 0.161 e. The molecule has 5 heteroatoms. The average Bonchev–Trinajstić information content (AvgIpc) is 2.77. The molecule has 3 aromatic rings. The van der Waals surface area contributed by atoms with E-state index >= 15 is 0 Å². The topological polar surface area (TPSA) is 42.2 Å². The van der Waals surface area contributed by atoms with E-state index in [9.17, 15) is 0 Å². The summed E-state index contributed by atoms with van der Waals surface area (Å²) < 4.78 is 1.88. The fraction of sp³-hybridized carbons (Fsp3) is 0.294. The Morgan fingerprint density at radius 3 is 2.45 bits per heavy atom. The molecule has 0 saturated heterocycles. The minimum atomic E-state index is 0.327. The molecule has 0 bridgehead atoms. The molecule has 0 radical (unpaired) electrons. The maximum Gasteiger partial charge on any atom is 0.161 e. The van der Waals surface area contributed by atoms with Gasteiger partial charge in [-0.15, -0.1) is 0 Å². The van der Waals surface area contributed by atoms with E-state index in [2.05, 4.69) is 31.1 Å². The van der Waals surface area contributed by atoms with E-state index in [0.717, 1.165) is 39.0 Å². The molecule has 1 N–H and O–H groups in total. The minimum absolute atomic E-state index is 0.327. The summed E-state index contributed by atoms with van der Waals surface area (Å²) in [5.74, 6) is 0.959. The van der Waals surface area contributed by atoms with Gasteiger partial charge in [-0.1, -0.05) is 23.7 Å². The van der Waals surface area contributed by atoms with Crippen LogP contribution in [0.25, 0.3) is 16.9 Å². The Morgan fingerprint density at radius 1 is 1.14 bits per heavy atom. The molecule has 0 unspecified atom stereocenters. The number of nitrogens with one attached hydrogen (secondary N) is 1. The molecule has 4 nitrogen and oxygen atoms in total. The molecule has 3 rings (SSSR count). The fourth-order valence-electron chi connectivity index (χ4n) is 2.53. The van der Waals surface area contributed by atoms with Crippen LogP contribution in [0, 0.1) is 13.8 Å². The summed E-state index contributed by atoms with van der Waals surface area (Å²) in [5, 5.41) is 8.91. The summed E-state index contributed by atoms with van der Waals surface area (Å²) in [6.07, 6.45) is 0. The average molecular weight is 315 g/mol. The zero-order chi connectivity index (χ0) is 15.9. The summed E-state index contributed by atoms with van der Waals surface area (Å²) in [4.78, 5) is 4.64. The van der Waals surface area contributed by atoms with E-state index in [1.54, 1.807) is 0 Å². The molecule has 0 spiro atoms. The highest BCUT2D eigenvalue weighted by Gasteiger charge is 2.15. The number of hydrogen-bond donors (Lipinski definition) is 1. The molecular weight excluding hydrogens is 296 g/mol. The Labute approximate surface area is 135 Å². The molecule has 1 aromatic carbocycles. The second-order valence-corrected chi connectivity index (χ2v) is 6.23. The van der Waals surface area contributed by atoms with E-state index < -0.39 is 0 Å². The maximum absolute atomic E-state index is 5.97. The lowest BCUT2D eigenvalue weighted by molar-refractivity contribution is 0.849. The Balaban J connectivity index is 2.21. The Kier molecular flexibility index (Phi) is 3.79. The van der Waals surface area contributed by atoms with Gasteiger partial charge in [0.15, 0.2) is 5.65 Å². The van der Waals surface area contributed by atoms with Crippen LogP contribution in [-0.2, 0) is 0 Å². The Hall–Kier alpha value is -2.07. The molecule has 0 aliphatic rings. The number of aromatic nitrogens is 3. The molecule has 0 saturated carbocycles. The third-order valence-electron chi connectivity index (χ3n) is 3.50. The summed E-state index contributed by atoms with van der Waals surface area (Å²) in [6, 6.07) is 10.1. The lowest BCUT2D eigenvalue weighted by Crippen LogP contribution is -2.14. The van der Waals surface area contributed by atoms with Crippen LogP contribution < -0.4 is 5.32 Å². The predicted octanol–water partition coefficient (Wildman–Crippen LogP) is 4.49. The van der Waals surface area contributed by atoms with Gasteiger partial charge in [0.2, 0.25) is 0 Å². The summed E-state index contributed by atoms with van der Waals surface area (Å²) in [7, 11) is 0. The first-order valence-electron chi connectivity index (χ1n) is 7.35. The van der Waals surface area contributed by atoms with E-state index in [-0.39, 0.29) is 0 Å². The van der Waals surface area contributed by atoms with Crippen LogP contribution in [0.5, 0.6) is 0 Å². The monoisotopic (exact) mass is 314 g/mol. The maximum atomic E-state index is 5.97. The number of fused-ring (bicyclic) bond motifs is 1.